The number of ether oxygens (including phenoxy) is 1. The molecule has 31 heavy (non-hydrogen) atoms. The number of aromatic nitrogens is 4. The van der Waals surface area contributed by atoms with E-state index in [1.807, 2.05) is 46.7 Å². The summed E-state index contributed by atoms with van der Waals surface area (Å²) >= 11 is 0. The molecule has 1 N–H and O–H groups in total. The Balaban J connectivity index is 1.44. The molecule has 1 aliphatic carbocycles. The Hall–Kier alpha value is -3.09. The Morgan fingerprint density at radius 2 is 2.03 bits per heavy atom. The first-order valence-electron chi connectivity index (χ1n) is 11.0. The van der Waals surface area contributed by atoms with Crippen LogP contribution in [0.25, 0.3) is 5.69 Å². The third-order valence-electron chi connectivity index (χ3n) is 6.27. The first-order valence-corrected chi connectivity index (χ1v) is 11.0. The Morgan fingerprint density at radius 1 is 1.26 bits per heavy atom. The minimum atomic E-state index is 0.0174. The molecule has 4 rings (SSSR count). The SMILES string of the molecule is CCn1nc(C)c(CCC(=O)N[C@H]2CCCc3c2cnn3-c2ccc(OC)cc2)c1C. The van der Waals surface area contributed by atoms with Gasteiger partial charge < -0.3 is 10.1 Å². The van der Waals surface area contributed by atoms with Crippen LogP contribution < -0.4 is 10.1 Å². The molecule has 1 aromatic carbocycles. The summed E-state index contributed by atoms with van der Waals surface area (Å²) < 4.78 is 9.24. The first-order chi connectivity index (χ1) is 15.0. The Morgan fingerprint density at radius 3 is 2.71 bits per heavy atom. The van der Waals surface area contributed by atoms with Crippen molar-refractivity contribution < 1.29 is 9.53 Å². The van der Waals surface area contributed by atoms with Crippen molar-refractivity contribution in [3.05, 3.63) is 58.7 Å². The van der Waals surface area contributed by atoms with Crippen molar-refractivity contribution in [2.75, 3.05) is 7.11 Å². The number of aryl methyl sites for hydroxylation is 2. The zero-order valence-electron chi connectivity index (χ0n) is 18.8. The number of carbonyl (C=O) groups is 1. The summed E-state index contributed by atoms with van der Waals surface area (Å²) in [6, 6.07) is 7.92. The molecule has 2 heterocycles. The van der Waals surface area contributed by atoms with Gasteiger partial charge in [-0.1, -0.05) is 0 Å². The molecule has 7 nitrogen and oxygen atoms in total. The van der Waals surface area contributed by atoms with Crippen LogP contribution in [0.5, 0.6) is 5.75 Å². The molecule has 1 amide bonds. The van der Waals surface area contributed by atoms with Gasteiger partial charge in [0, 0.05) is 29.9 Å². The standard InChI is InChI=1S/C24H31N5O2/c1-5-28-17(3)20(16(2)27-28)13-14-24(30)26-22-7-6-8-23-21(22)15-25-29(23)18-9-11-19(31-4)12-10-18/h9-12,15,22H,5-8,13-14H2,1-4H3,(H,26,30)/t22-/m0/s1. The predicted octanol–water partition coefficient (Wildman–Crippen LogP) is 3.84. The normalized spacial score (nSPS) is 15.5. The van der Waals surface area contributed by atoms with Crippen molar-refractivity contribution in [2.45, 2.75) is 65.5 Å². The van der Waals surface area contributed by atoms with Gasteiger partial charge in [-0.25, -0.2) is 4.68 Å². The molecular formula is C24H31N5O2. The van der Waals surface area contributed by atoms with Crippen molar-refractivity contribution in [1.29, 1.82) is 0 Å². The number of hydrogen-bond donors (Lipinski definition) is 1. The van der Waals surface area contributed by atoms with Crippen LogP contribution in [-0.2, 0) is 24.2 Å². The summed E-state index contributed by atoms with van der Waals surface area (Å²) in [6.45, 7) is 7.04. The molecule has 1 atom stereocenters. The highest BCUT2D eigenvalue weighted by molar-refractivity contribution is 5.77. The number of benzene rings is 1. The fourth-order valence-corrected chi connectivity index (χ4v) is 4.56. The van der Waals surface area contributed by atoms with Crippen LogP contribution in [0, 0.1) is 13.8 Å². The number of carbonyl (C=O) groups excluding carboxylic acids is 1. The van der Waals surface area contributed by atoms with Crippen LogP contribution in [0.4, 0.5) is 0 Å². The van der Waals surface area contributed by atoms with Crippen LogP contribution >= 0.6 is 0 Å². The van der Waals surface area contributed by atoms with E-state index in [2.05, 4.69) is 29.4 Å². The van der Waals surface area contributed by atoms with Gasteiger partial charge in [-0.3, -0.25) is 9.48 Å². The van der Waals surface area contributed by atoms with E-state index in [1.165, 1.54) is 11.3 Å². The van der Waals surface area contributed by atoms with E-state index in [-0.39, 0.29) is 11.9 Å². The fourth-order valence-electron chi connectivity index (χ4n) is 4.56. The third kappa shape index (κ3) is 4.22. The molecule has 3 aromatic rings. The van der Waals surface area contributed by atoms with Gasteiger partial charge >= 0.3 is 0 Å². The number of nitrogens with one attached hydrogen (secondary N) is 1. The number of amides is 1. The van der Waals surface area contributed by atoms with E-state index in [0.29, 0.717) is 12.8 Å². The minimum Gasteiger partial charge on any atom is -0.497 e. The number of rotatable bonds is 7. The number of fused-ring (bicyclic) bond motifs is 1. The first kappa shape index (κ1) is 21.2. The van der Waals surface area contributed by atoms with Gasteiger partial charge in [-0.05, 0) is 76.3 Å². The number of hydrogen-bond acceptors (Lipinski definition) is 4. The second-order valence-electron chi connectivity index (χ2n) is 8.13. The number of methoxy groups -OCH3 is 1. The highest BCUT2D eigenvalue weighted by atomic mass is 16.5. The zero-order valence-corrected chi connectivity index (χ0v) is 18.8. The molecule has 0 radical (unpaired) electrons. The Bertz CT molecular complexity index is 1060. The van der Waals surface area contributed by atoms with E-state index >= 15 is 0 Å². The van der Waals surface area contributed by atoms with Crippen LogP contribution in [0.2, 0.25) is 0 Å². The molecule has 1 aliphatic rings. The summed E-state index contributed by atoms with van der Waals surface area (Å²) in [6.07, 6.45) is 6.02. The van der Waals surface area contributed by atoms with E-state index < -0.39 is 0 Å². The summed E-state index contributed by atoms with van der Waals surface area (Å²) in [7, 11) is 1.66. The molecular weight excluding hydrogens is 390 g/mol. The predicted molar refractivity (Wildman–Crippen MR) is 120 cm³/mol. The molecule has 0 fully saturated rings. The topological polar surface area (TPSA) is 74.0 Å². The van der Waals surface area contributed by atoms with Gasteiger partial charge in [0.15, 0.2) is 0 Å². The zero-order chi connectivity index (χ0) is 22.0. The van der Waals surface area contributed by atoms with Crippen molar-refractivity contribution in [3.63, 3.8) is 0 Å². The lowest BCUT2D eigenvalue weighted by molar-refractivity contribution is -0.121. The van der Waals surface area contributed by atoms with E-state index in [0.717, 1.165) is 54.2 Å². The monoisotopic (exact) mass is 421 g/mol. The maximum Gasteiger partial charge on any atom is 0.220 e. The lowest BCUT2D eigenvalue weighted by atomic mass is 9.92. The second kappa shape index (κ2) is 8.96. The fraction of sp³-hybridized carbons (Fsp3) is 0.458. The van der Waals surface area contributed by atoms with E-state index in [4.69, 9.17) is 4.74 Å². The van der Waals surface area contributed by atoms with Crippen LogP contribution in [0.3, 0.4) is 0 Å². The average molecular weight is 422 g/mol. The summed E-state index contributed by atoms with van der Waals surface area (Å²) in [4.78, 5) is 12.8. The van der Waals surface area contributed by atoms with Gasteiger partial charge in [0.1, 0.15) is 5.75 Å². The maximum absolute atomic E-state index is 12.8. The molecule has 0 bridgehead atoms. The summed E-state index contributed by atoms with van der Waals surface area (Å²) in [5.74, 6) is 0.906. The molecule has 0 unspecified atom stereocenters. The van der Waals surface area contributed by atoms with Crippen LogP contribution in [0.15, 0.2) is 30.5 Å². The smallest absolute Gasteiger partial charge is 0.220 e. The van der Waals surface area contributed by atoms with Gasteiger partial charge in [0.25, 0.3) is 0 Å². The largest absolute Gasteiger partial charge is 0.497 e. The van der Waals surface area contributed by atoms with Gasteiger partial charge in [0.2, 0.25) is 5.91 Å². The highest BCUT2D eigenvalue weighted by Gasteiger charge is 2.26. The summed E-state index contributed by atoms with van der Waals surface area (Å²) in [5, 5.41) is 12.4. The minimum absolute atomic E-state index is 0.0174. The van der Waals surface area contributed by atoms with E-state index in [9.17, 15) is 4.79 Å². The molecule has 164 valence electrons. The van der Waals surface area contributed by atoms with Crippen molar-refractivity contribution in [2.24, 2.45) is 0 Å². The van der Waals surface area contributed by atoms with Crippen molar-refractivity contribution >= 4 is 5.91 Å². The Labute approximate surface area is 183 Å². The van der Waals surface area contributed by atoms with Gasteiger partial charge in [-0.2, -0.15) is 10.2 Å². The lowest BCUT2D eigenvalue weighted by Crippen LogP contribution is -2.31. The third-order valence-corrected chi connectivity index (χ3v) is 6.27. The average Bonchev–Trinajstić information content (AvgIpc) is 3.33. The van der Waals surface area contributed by atoms with E-state index in [1.54, 1.807) is 7.11 Å². The van der Waals surface area contributed by atoms with Gasteiger partial charge in [0.05, 0.1) is 30.7 Å². The highest BCUT2D eigenvalue weighted by Crippen LogP contribution is 2.31. The molecule has 7 heteroatoms. The van der Waals surface area contributed by atoms with Gasteiger partial charge in [-0.15, -0.1) is 0 Å². The van der Waals surface area contributed by atoms with Crippen LogP contribution in [-0.4, -0.2) is 32.6 Å². The molecule has 0 aliphatic heterocycles. The molecule has 0 saturated carbocycles. The van der Waals surface area contributed by atoms with Crippen LogP contribution in [0.1, 0.15) is 60.4 Å². The Kier molecular flexibility index (Phi) is 6.11. The lowest BCUT2D eigenvalue weighted by Gasteiger charge is -2.24. The van der Waals surface area contributed by atoms with Crippen molar-refractivity contribution in [3.8, 4) is 11.4 Å². The quantitative estimate of drug-likeness (QED) is 0.629. The second-order valence-corrected chi connectivity index (χ2v) is 8.13. The molecule has 2 aromatic heterocycles. The molecule has 0 spiro atoms. The molecule has 0 saturated heterocycles. The summed E-state index contributed by atoms with van der Waals surface area (Å²) in [5.41, 5.74) is 6.68. The maximum atomic E-state index is 12.8. The van der Waals surface area contributed by atoms with Crippen molar-refractivity contribution in [1.82, 2.24) is 24.9 Å². The number of nitrogens with zero attached hydrogens (tertiary/aromatic N) is 4.